The van der Waals surface area contributed by atoms with Crippen LogP contribution >= 0.6 is 23.1 Å². The van der Waals surface area contributed by atoms with Crippen LogP contribution in [0.25, 0.3) is 10.8 Å². The molecule has 5 aromatic rings. The van der Waals surface area contributed by atoms with E-state index < -0.39 is 5.91 Å². The number of amides is 2. The number of thioether (sulfide) groups is 1. The number of primary amides is 1. The molecule has 0 saturated heterocycles. The van der Waals surface area contributed by atoms with Crippen molar-refractivity contribution in [3.63, 3.8) is 0 Å². The number of nitrogens with one attached hydrogen (secondary N) is 2. The van der Waals surface area contributed by atoms with Crippen LogP contribution in [0.3, 0.4) is 0 Å². The number of hydrogen-bond acceptors (Lipinski definition) is 9. The summed E-state index contributed by atoms with van der Waals surface area (Å²) in [6, 6.07) is 20.9. The number of anilines is 3. The first-order chi connectivity index (χ1) is 17.5. The van der Waals surface area contributed by atoms with E-state index >= 15 is 0 Å². The van der Waals surface area contributed by atoms with Crippen LogP contribution in [0.15, 0.2) is 71.9 Å². The number of rotatable bonds is 8. The molecule has 0 aliphatic rings. The van der Waals surface area contributed by atoms with Crippen molar-refractivity contribution in [1.82, 2.24) is 25.2 Å². The third-order valence-corrected chi connectivity index (χ3v) is 6.66. The summed E-state index contributed by atoms with van der Waals surface area (Å²) in [5, 5.41) is 21.6. The van der Waals surface area contributed by atoms with E-state index in [0.717, 1.165) is 33.4 Å². The van der Waals surface area contributed by atoms with Crippen LogP contribution in [0, 0.1) is 0 Å². The molecule has 0 aliphatic heterocycles. The third-order valence-electron chi connectivity index (χ3n) is 5.25. The Morgan fingerprint density at radius 2 is 1.83 bits per heavy atom. The van der Waals surface area contributed by atoms with Crippen molar-refractivity contribution in [1.29, 1.82) is 0 Å². The molecule has 36 heavy (non-hydrogen) atoms. The van der Waals surface area contributed by atoms with Gasteiger partial charge in [0.1, 0.15) is 5.00 Å². The SMILES string of the molecule is CSc1nnn(Cc2ccc(C(=O)Nc3sc(Nc4ccc5ccccc5c4)nc3C(N)=O)cc2)n1. The zero-order valence-electron chi connectivity index (χ0n) is 19.0. The van der Waals surface area contributed by atoms with Crippen molar-refractivity contribution in [3.8, 4) is 0 Å². The van der Waals surface area contributed by atoms with E-state index in [0.29, 0.717) is 22.4 Å². The number of nitrogens with two attached hydrogens (primary N) is 1. The number of tetrazole rings is 1. The molecule has 2 aromatic heterocycles. The van der Waals surface area contributed by atoms with Crippen LogP contribution in [-0.4, -0.2) is 43.3 Å². The van der Waals surface area contributed by atoms with Crippen LogP contribution in [-0.2, 0) is 6.54 Å². The first-order valence-electron chi connectivity index (χ1n) is 10.8. The summed E-state index contributed by atoms with van der Waals surface area (Å²) in [4.78, 5) is 30.6. The predicted octanol–water partition coefficient (Wildman–Crippen LogP) is 4.15. The van der Waals surface area contributed by atoms with Gasteiger partial charge in [-0.1, -0.05) is 65.6 Å². The summed E-state index contributed by atoms with van der Waals surface area (Å²) in [6.45, 7) is 0.430. The Morgan fingerprint density at radius 3 is 2.56 bits per heavy atom. The summed E-state index contributed by atoms with van der Waals surface area (Å²) in [5.41, 5.74) is 7.65. The highest BCUT2D eigenvalue weighted by Gasteiger charge is 2.19. The van der Waals surface area contributed by atoms with Crippen molar-refractivity contribution in [2.75, 3.05) is 16.9 Å². The zero-order valence-corrected chi connectivity index (χ0v) is 20.6. The lowest BCUT2D eigenvalue weighted by atomic mass is 10.1. The maximum absolute atomic E-state index is 12.9. The van der Waals surface area contributed by atoms with Gasteiger partial charge in [-0.15, -0.1) is 10.2 Å². The van der Waals surface area contributed by atoms with E-state index in [4.69, 9.17) is 5.73 Å². The Labute approximate surface area is 213 Å². The smallest absolute Gasteiger partial charge is 0.270 e. The Morgan fingerprint density at radius 1 is 1.06 bits per heavy atom. The average molecular weight is 517 g/mol. The number of fused-ring (bicyclic) bond motifs is 1. The van der Waals surface area contributed by atoms with Crippen molar-refractivity contribution >= 4 is 61.5 Å². The molecule has 2 heterocycles. The van der Waals surface area contributed by atoms with E-state index in [1.807, 2.05) is 60.9 Å². The highest BCUT2D eigenvalue weighted by Crippen LogP contribution is 2.32. The fraction of sp³-hybridized carbons (Fsp3) is 0.0833. The fourth-order valence-electron chi connectivity index (χ4n) is 3.49. The van der Waals surface area contributed by atoms with Crippen molar-refractivity contribution < 1.29 is 9.59 Å². The van der Waals surface area contributed by atoms with Crippen LogP contribution in [0.5, 0.6) is 0 Å². The lowest BCUT2D eigenvalue weighted by Gasteiger charge is -2.05. The Hall–Kier alpha value is -4.29. The van der Waals surface area contributed by atoms with E-state index in [2.05, 4.69) is 31.0 Å². The second-order valence-electron chi connectivity index (χ2n) is 7.71. The molecule has 12 heteroatoms. The Balaban J connectivity index is 1.30. The average Bonchev–Trinajstić information content (AvgIpc) is 3.51. The van der Waals surface area contributed by atoms with Crippen molar-refractivity contribution in [2.45, 2.75) is 11.7 Å². The van der Waals surface area contributed by atoms with Gasteiger partial charge in [-0.3, -0.25) is 9.59 Å². The molecule has 0 aliphatic carbocycles. The summed E-state index contributed by atoms with van der Waals surface area (Å²) in [7, 11) is 0. The minimum atomic E-state index is -0.728. The van der Waals surface area contributed by atoms with Crippen molar-refractivity contribution in [3.05, 3.63) is 83.6 Å². The Kier molecular flexibility index (Phi) is 6.60. The summed E-state index contributed by atoms with van der Waals surface area (Å²) >= 11 is 2.55. The minimum Gasteiger partial charge on any atom is -0.364 e. The largest absolute Gasteiger partial charge is 0.364 e. The number of carbonyl (C=O) groups excluding carboxylic acids is 2. The van der Waals surface area contributed by atoms with Crippen LogP contribution in [0.4, 0.5) is 15.8 Å². The maximum atomic E-state index is 12.9. The van der Waals surface area contributed by atoms with E-state index in [-0.39, 0.29) is 16.6 Å². The van der Waals surface area contributed by atoms with E-state index in [1.54, 1.807) is 12.1 Å². The van der Waals surface area contributed by atoms with Gasteiger partial charge in [-0.2, -0.15) is 4.80 Å². The molecule has 0 atom stereocenters. The third kappa shape index (κ3) is 5.19. The Bertz CT molecular complexity index is 1560. The molecular formula is C24H20N8O2S2. The summed E-state index contributed by atoms with van der Waals surface area (Å²) in [6.07, 6.45) is 1.88. The number of carbonyl (C=O) groups is 2. The van der Waals surface area contributed by atoms with Gasteiger partial charge < -0.3 is 16.4 Å². The summed E-state index contributed by atoms with van der Waals surface area (Å²) in [5.74, 6) is -1.11. The molecule has 2 amide bonds. The van der Waals surface area contributed by atoms with Gasteiger partial charge >= 0.3 is 0 Å². The van der Waals surface area contributed by atoms with E-state index in [1.165, 1.54) is 16.6 Å². The van der Waals surface area contributed by atoms with Gasteiger partial charge in [0.05, 0.1) is 6.54 Å². The predicted molar refractivity (Wildman–Crippen MR) is 141 cm³/mol. The lowest BCUT2D eigenvalue weighted by Crippen LogP contribution is -2.17. The van der Waals surface area contributed by atoms with E-state index in [9.17, 15) is 9.59 Å². The molecule has 0 spiro atoms. The molecule has 4 N–H and O–H groups in total. The molecule has 180 valence electrons. The fourth-order valence-corrected chi connectivity index (χ4v) is 4.67. The molecule has 0 unspecified atom stereocenters. The number of benzene rings is 3. The van der Waals surface area contributed by atoms with Gasteiger partial charge in [-0.25, -0.2) is 4.98 Å². The van der Waals surface area contributed by atoms with Crippen LogP contribution in [0.1, 0.15) is 26.4 Å². The van der Waals surface area contributed by atoms with Gasteiger partial charge in [-0.05, 0) is 52.1 Å². The van der Waals surface area contributed by atoms with Crippen LogP contribution < -0.4 is 16.4 Å². The summed E-state index contributed by atoms with van der Waals surface area (Å²) < 4.78 is 0. The van der Waals surface area contributed by atoms with Crippen LogP contribution in [0.2, 0.25) is 0 Å². The standard InChI is InChI=1S/C24H20N8O2S2/c1-35-24-29-31-32(30-24)13-14-6-8-16(9-7-14)21(34)28-22-19(20(25)33)27-23(36-22)26-18-11-10-15-4-2-3-5-17(15)12-18/h2-12H,13H2,1H3,(H2,25,33)(H,26,27)(H,28,34). The molecule has 5 rings (SSSR count). The first kappa shape index (κ1) is 23.5. The quantitative estimate of drug-likeness (QED) is 0.261. The van der Waals surface area contributed by atoms with Crippen molar-refractivity contribution in [2.24, 2.45) is 5.73 Å². The molecule has 0 saturated carbocycles. The van der Waals surface area contributed by atoms with Gasteiger partial charge in [0.25, 0.3) is 11.8 Å². The maximum Gasteiger partial charge on any atom is 0.270 e. The number of aromatic nitrogens is 5. The molecule has 0 fully saturated rings. The number of thiazole rings is 1. The molecule has 0 bridgehead atoms. The number of nitrogens with zero attached hydrogens (tertiary/aromatic N) is 5. The first-order valence-corrected chi connectivity index (χ1v) is 12.8. The minimum absolute atomic E-state index is 0.00452. The van der Waals surface area contributed by atoms with Gasteiger partial charge in [0.2, 0.25) is 5.16 Å². The highest BCUT2D eigenvalue weighted by atomic mass is 32.2. The second-order valence-corrected chi connectivity index (χ2v) is 9.48. The molecule has 3 aromatic carbocycles. The molecule has 10 nitrogen and oxygen atoms in total. The zero-order chi connectivity index (χ0) is 25.1. The molecule has 0 radical (unpaired) electrons. The number of hydrogen-bond donors (Lipinski definition) is 3. The van der Waals surface area contributed by atoms with Gasteiger partial charge in [0.15, 0.2) is 10.8 Å². The highest BCUT2D eigenvalue weighted by molar-refractivity contribution is 7.98. The normalized spacial score (nSPS) is 10.9. The van der Waals surface area contributed by atoms with Gasteiger partial charge in [0, 0.05) is 11.3 Å². The second kappa shape index (κ2) is 10.1. The monoisotopic (exact) mass is 516 g/mol. The molecular weight excluding hydrogens is 496 g/mol. The lowest BCUT2D eigenvalue weighted by molar-refractivity contribution is 0.0997. The topological polar surface area (TPSA) is 141 Å².